The van der Waals surface area contributed by atoms with Crippen LogP contribution in [0.1, 0.15) is 19.4 Å². The molecule has 1 aliphatic rings. The van der Waals surface area contributed by atoms with Crippen molar-refractivity contribution < 1.29 is 19.1 Å². The van der Waals surface area contributed by atoms with Crippen molar-refractivity contribution in [1.82, 2.24) is 14.7 Å². The van der Waals surface area contributed by atoms with Crippen LogP contribution >= 0.6 is 0 Å². The van der Waals surface area contributed by atoms with Crippen LogP contribution in [-0.2, 0) is 16.1 Å². The van der Waals surface area contributed by atoms with Crippen LogP contribution in [0.25, 0.3) is 0 Å². The minimum atomic E-state index is -0.768. The van der Waals surface area contributed by atoms with Crippen LogP contribution in [0, 0.1) is 0 Å². The van der Waals surface area contributed by atoms with Crippen LogP contribution in [0.2, 0.25) is 0 Å². The molecule has 0 atom stereocenters. The normalized spacial score (nSPS) is 15.0. The van der Waals surface area contributed by atoms with E-state index in [9.17, 15) is 14.4 Å². The van der Waals surface area contributed by atoms with Crippen molar-refractivity contribution in [2.75, 3.05) is 26.9 Å². The van der Waals surface area contributed by atoms with Crippen molar-refractivity contribution in [2.45, 2.75) is 20.4 Å². The largest absolute Gasteiger partial charge is 0.494 e. The molecule has 23 heavy (non-hydrogen) atoms. The zero-order valence-electron chi connectivity index (χ0n) is 13.6. The predicted molar refractivity (Wildman–Crippen MR) is 83.6 cm³/mol. The number of nitrogens with zero attached hydrogens (tertiary/aromatic N) is 3. The zero-order chi connectivity index (χ0) is 17.0. The van der Waals surface area contributed by atoms with Gasteiger partial charge < -0.3 is 4.74 Å². The Morgan fingerprint density at radius 2 is 1.61 bits per heavy atom. The third kappa shape index (κ3) is 3.68. The maximum Gasteiger partial charge on any atom is 0.335 e. The number of likely N-dealkylation sites (N-methyl/N-ethyl adjacent to an activating group) is 1. The Balaban J connectivity index is 1.96. The molecule has 1 aromatic carbocycles. The molecule has 1 fully saturated rings. The summed E-state index contributed by atoms with van der Waals surface area (Å²) in [6.07, 6.45) is 0. The molecule has 0 saturated carbocycles. The van der Waals surface area contributed by atoms with Gasteiger partial charge in [-0.25, -0.2) is 9.69 Å². The lowest BCUT2D eigenvalue weighted by Crippen LogP contribution is -2.40. The van der Waals surface area contributed by atoms with Gasteiger partial charge in [0, 0.05) is 13.1 Å². The number of benzene rings is 1. The van der Waals surface area contributed by atoms with E-state index in [0.29, 0.717) is 13.2 Å². The van der Waals surface area contributed by atoms with E-state index >= 15 is 0 Å². The van der Waals surface area contributed by atoms with E-state index in [1.54, 1.807) is 18.9 Å². The topological polar surface area (TPSA) is 70.2 Å². The van der Waals surface area contributed by atoms with E-state index in [4.69, 9.17) is 4.74 Å². The Hall–Kier alpha value is -2.41. The van der Waals surface area contributed by atoms with Crippen molar-refractivity contribution in [3.8, 4) is 5.75 Å². The summed E-state index contributed by atoms with van der Waals surface area (Å²) in [6, 6.07) is 7.06. The molecule has 1 heterocycles. The number of hydrogen-bond acceptors (Lipinski definition) is 5. The van der Waals surface area contributed by atoms with E-state index in [1.165, 1.54) is 0 Å². The maximum absolute atomic E-state index is 12.0. The molecule has 0 aliphatic carbocycles. The molecule has 0 bridgehead atoms. The highest BCUT2D eigenvalue weighted by Gasteiger charge is 2.43. The van der Waals surface area contributed by atoms with Gasteiger partial charge in [-0.15, -0.1) is 0 Å². The molecule has 2 rings (SSSR count). The highest BCUT2D eigenvalue weighted by molar-refractivity contribution is 6.44. The van der Waals surface area contributed by atoms with E-state index < -0.39 is 17.8 Å². The number of carbonyl (C=O) groups excluding carboxylic acids is 3. The van der Waals surface area contributed by atoms with E-state index in [-0.39, 0.29) is 13.2 Å². The first-order valence-corrected chi connectivity index (χ1v) is 7.55. The van der Waals surface area contributed by atoms with Gasteiger partial charge in [0.15, 0.2) is 0 Å². The molecule has 0 unspecified atom stereocenters. The lowest BCUT2D eigenvalue weighted by molar-refractivity contribution is -0.143. The smallest absolute Gasteiger partial charge is 0.335 e. The molecule has 0 aromatic heterocycles. The molecule has 4 amide bonds. The lowest BCUT2D eigenvalue weighted by Gasteiger charge is -2.22. The van der Waals surface area contributed by atoms with Crippen LogP contribution in [0.15, 0.2) is 24.3 Å². The third-order valence-electron chi connectivity index (χ3n) is 3.52. The fourth-order valence-corrected chi connectivity index (χ4v) is 2.41. The van der Waals surface area contributed by atoms with Crippen LogP contribution in [-0.4, -0.2) is 59.4 Å². The van der Waals surface area contributed by atoms with Gasteiger partial charge in [0.1, 0.15) is 5.75 Å². The Labute approximate surface area is 135 Å². The van der Waals surface area contributed by atoms with Gasteiger partial charge in [-0.1, -0.05) is 12.1 Å². The average Bonchev–Trinajstić information content (AvgIpc) is 2.73. The molecular formula is C16H21N3O4. The average molecular weight is 319 g/mol. The van der Waals surface area contributed by atoms with Crippen molar-refractivity contribution in [1.29, 1.82) is 0 Å². The molecular weight excluding hydrogens is 298 g/mol. The van der Waals surface area contributed by atoms with Crippen molar-refractivity contribution >= 4 is 17.8 Å². The molecule has 0 N–H and O–H groups in total. The van der Waals surface area contributed by atoms with E-state index in [2.05, 4.69) is 0 Å². The number of rotatable bonds is 7. The lowest BCUT2D eigenvalue weighted by atomic mass is 10.2. The van der Waals surface area contributed by atoms with Gasteiger partial charge in [0.25, 0.3) is 0 Å². The highest BCUT2D eigenvalue weighted by atomic mass is 16.5. The van der Waals surface area contributed by atoms with Gasteiger partial charge in [-0.05, 0) is 38.6 Å². The molecule has 1 saturated heterocycles. The molecule has 7 nitrogen and oxygen atoms in total. The van der Waals surface area contributed by atoms with Crippen LogP contribution in [0.5, 0.6) is 5.75 Å². The Morgan fingerprint density at radius 1 is 1.00 bits per heavy atom. The number of carbonyl (C=O) groups is 3. The summed E-state index contributed by atoms with van der Waals surface area (Å²) in [6.45, 7) is 5.02. The van der Waals surface area contributed by atoms with Gasteiger partial charge in [0.2, 0.25) is 0 Å². The first-order chi connectivity index (χ1) is 11.0. The van der Waals surface area contributed by atoms with E-state index in [0.717, 1.165) is 21.1 Å². The molecule has 1 aromatic rings. The summed E-state index contributed by atoms with van der Waals surface area (Å²) in [4.78, 5) is 39.3. The molecule has 0 radical (unpaired) electrons. The zero-order valence-corrected chi connectivity index (χ0v) is 13.6. The van der Waals surface area contributed by atoms with Gasteiger partial charge in [0.05, 0.1) is 13.3 Å². The van der Waals surface area contributed by atoms with Gasteiger partial charge in [-0.3, -0.25) is 19.4 Å². The van der Waals surface area contributed by atoms with Crippen LogP contribution in [0.3, 0.4) is 0 Å². The summed E-state index contributed by atoms with van der Waals surface area (Å²) in [5.74, 6) is -0.727. The van der Waals surface area contributed by atoms with Crippen molar-refractivity contribution in [2.24, 2.45) is 0 Å². The number of urea groups is 1. The summed E-state index contributed by atoms with van der Waals surface area (Å²) in [5.41, 5.74) is 1.02. The summed E-state index contributed by atoms with van der Waals surface area (Å²) in [5, 5.41) is 0. The van der Waals surface area contributed by atoms with Crippen molar-refractivity contribution in [3.05, 3.63) is 29.8 Å². The van der Waals surface area contributed by atoms with Crippen molar-refractivity contribution in [3.63, 3.8) is 0 Å². The fourth-order valence-electron chi connectivity index (χ4n) is 2.41. The summed E-state index contributed by atoms with van der Waals surface area (Å²) >= 11 is 0. The molecule has 124 valence electrons. The number of imide groups is 2. The predicted octanol–water partition coefficient (Wildman–Crippen LogP) is 1.29. The van der Waals surface area contributed by atoms with Gasteiger partial charge >= 0.3 is 17.8 Å². The second-order valence-electron chi connectivity index (χ2n) is 5.30. The Morgan fingerprint density at radius 3 is 2.13 bits per heavy atom. The van der Waals surface area contributed by atoms with Gasteiger partial charge in [-0.2, -0.15) is 0 Å². The third-order valence-corrected chi connectivity index (χ3v) is 3.52. The summed E-state index contributed by atoms with van der Waals surface area (Å²) < 4.78 is 5.38. The second kappa shape index (κ2) is 7.23. The molecule has 7 heteroatoms. The van der Waals surface area contributed by atoms with E-state index in [1.807, 2.05) is 31.2 Å². The SMILES string of the molecule is CCOc1ccc(CN(C)CN2C(=O)C(=O)N(CC)C2=O)cc1. The standard InChI is InChI=1S/C16H21N3O4/c1-4-18-14(20)15(21)19(16(18)22)11-17(3)10-12-6-8-13(9-7-12)23-5-2/h6-9H,4-5,10-11H2,1-3H3. The monoisotopic (exact) mass is 319 g/mol. The Bertz CT molecular complexity index is 600. The Kier molecular flexibility index (Phi) is 5.33. The van der Waals surface area contributed by atoms with Crippen LogP contribution in [0.4, 0.5) is 4.79 Å². The van der Waals surface area contributed by atoms with Crippen LogP contribution < -0.4 is 4.74 Å². The highest BCUT2D eigenvalue weighted by Crippen LogP contribution is 2.15. The quantitative estimate of drug-likeness (QED) is 0.559. The summed E-state index contributed by atoms with van der Waals surface area (Å²) in [7, 11) is 1.79. The second-order valence-corrected chi connectivity index (χ2v) is 5.30. The molecule has 0 spiro atoms. The first kappa shape index (κ1) is 17.0. The first-order valence-electron chi connectivity index (χ1n) is 7.55. The fraction of sp³-hybridized carbons (Fsp3) is 0.438. The number of ether oxygens (including phenoxy) is 1. The maximum atomic E-state index is 12.0. The number of hydrogen-bond donors (Lipinski definition) is 0. The number of amides is 4. The molecule has 1 aliphatic heterocycles. The minimum absolute atomic E-state index is 0.0765. The minimum Gasteiger partial charge on any atom is -0.494 e.